The topological polar surface area (TPSA) is 84.3 Å². The van der Waals surface area contributed by atoms with Gasteiger partial charge in [-0.25, -0.2) is 9.59 Å². The van der Waals surface area contributed by atoms with Crippen LogP contribution < -0.4 is 5.69 Å². The number of nitrogens with zero attached hydrogens (tertiary/aromatic N) is 1. The Bertz CT molecular complexity index is 772. The fourth-order valence-corrected chi connectivity index (χ4v) is 3.28. The minimum absolute atomic E-state index is 0.0411. The number of benzene rings is 1. The van der Waals surface area contributed by atoms with E-state index in [1.165, 1.54) is 12.1 Å². The zero-order chi connectivity index (χ0) is 15.4. The number of rotatable bonds is 3. The van der Waals surface area contributed by atoms with Crippen molar-refractivity contribution in [3.8, 4) is 0 Å². The number of hydrogen-bond donors (Lipinski definition) is 2. The van der Waals surface area contributed by atoms with Crippen molar-refractivity contribution >= 4 is 17.0 Å². The molecule has 6 heteroatoms. The lowest BCUT2D eigenvalue weighted by Crippen LogP contribution is -2.52. The molecule has 2 atom stereocenters. The number of ether oxygens (including phenoxy) is 1. The lowest BCUT2D eigenvalue weighted by atomic mass is 9.64. The Morgan fingerprint density at radius 2 is 2.19 bits per heavy atom. The average Bonchev–Trinajstić information content (AvgIpc) is 2.73. The summed E-state index contributed by atoms with van der Waals surface area (Å²) in [7, 11) is 1.68. The maximum atomic E-state index is 12.3. The molecule has 2 N–H and O–H groups in total. The number of nitrogens with one attached hydrogen (secondary N) is 1. The number of fused-ring (bicyclic) bond motifs is 1. The molecular formula is C15H18N2O4. The number of carboxylic acid groups (broad SMARTS) is 1. The van der Waals surface area contributed by atoms with Gasteiger partial charge in [-0.3, -0.25) is 4.57 Å². The normalized spacial score (nSPS) is 24.0. The van der Waals surface area contributed by atoms with Gasteiger partial charge in [0.15, 0.2) is 0 Å². The highest BCUT2D eigenvalue weighted by atomic mass is 16.5. The molecule has 0 spiro atoms. The molecule has 112 valence electrons. The van der Waals surface area contributed by atoms with Crippen LogP contribution in [0.4, 0.5) is 0 Å². The predicted molar refractivity (Wildman–Crippen MR) is 77.8 cm³/mol. The molecular weight excluding hydrogens is 272 g/mol. The van der Waals surface area contributed by atoms with Gasteiger partial charge >= 0.3 is 11.7 Å². The second-order valence-electron chi connectivity index (χ2n) is 6.13. The third-order valence-electron chi connectivity index (χ3n) is 4.69. The zero-order valence-electron chi connectivity index (χ0n) is 12.2. The van der Waals surface area contributed by atoms with Gasteiger partial charge in [0, 0.05) is 18.6 Å². The number of methoxy groups -OCH3 is 1. The highest BCUT2D eigenvalue weighted by molar-refractivity contribution is 5.92. The van der Waals surface area contributed by atoms with E-state index in [2.05, 4.69) is 18.8 Å². The lowest BCUT2D eigenvalue weighted by Gasteiger charge is -2.51. The molecule has 3 rings (SSSR count). The van der Waals surface area contributed by atoms with Crippen molar-refractivity contribution in [2.45, 2.75) is 32.4 Å². The molecule has 0 aliphatic heterocycles. The van der Waals surface area contributed by atoms with E-state index in [9.17, 15) is 9.59 Å². The van der Waals surface area contributed by atoms with Crippen molar-refractivity contribution in [2.24, 2.45) is 5.41 Å². The molecule has 2 unspecified atom stereocenters. The first-order valence-electron chi connectivity index (χ1n) is 6.86. The Labute approximate surface area is 121 Å². The quantitative estimate of drug-likeness (QED) is 0.905. The van der Waals surface area contributed by atoms with Crippen LogP contribution in [0.1, 0.15) is 36.7 Å². The third kappa shape index (κ3) is 1.90. The minimum Gasteiger partial charge on any atom is -0.478 e. The van der Waals surface area contributed by atoms with Gasteiger partial charge in [0.1, 0.15) is 0 Å². The summed E-state index contributed by atoms with van der Waals surface area (Å²) in [6, 6.07) is 4.75. The van der Waals surface area contributed by atoms with Crippen molar-refractivity contribution in [3.05, 3.63) is 34.2 Å². The second-order valence-corrected chi connectivity index (χ2v) is 6.13. The van der Waals surface area contributed by atoms with Gasteiger partial charge in [-0.1, -0.05) is 13.8 Å². The maximum absolute atomic E-state index is 12.3. The first-order chi connectivity index (χ1) is 9.86. The van der Waals surface area contributed by atoms with Crippen LogP contribution in [0.25, 0.3) is 11.0 Å². The summed E-state index contributed by atoms with van der Waals surface area (Å²) in [4.78, 5) is 26.0. The summed E-state index contributed by atoms with van der Waals surface area (Å²) in [5.74, 6) is -1.01. The van der Waals surface area contributed by atoms with Crippen molar-refractivity contribution in [1.82, 2.24) is 9.55 Å². The summed E-state index contributed by atoms with van der Waals surface area (Å²) in [5.41, 5.74) is 1.10. The molecule has 0 radical (unpaired) electrons. The largest absolute Gasteiger partial charge is 0.478 e. The van der Waals surface area contributed by atoms with Crippen LogP contribution in [-0.2, 0) is 4.74 Å². The van der Waals surface area contributed by atoms with Crippen molar-refractivity contribution in [3.63, 3.8) is 0 Å². The number of carbonyl (C=O) groups is 1. The van der Waals surface area contributed by atoms with Crippen LogP contribution in [-0.4, -0.2) is 33.8 Å². The van der Waals surface area contributed by atoms with E-state index >= 15 is 0 Å². The molecule has 1 aliphatic carbocycles. The van der Waals surface area contributed by atoms with E-state index in [1.54, 1.807) is 17.7 Å². The van der Waals surface area contributed by atoms with Gasteiger partial charge in [-0.05, 0) is 24.6 Å². The Balaban J connectivity index is 2.10. The number of aromatic nitrogens is 2. The zero-order valence-corrected chi connectivity index (χ0v) is 12.2. The molecule has 1 aliphatic rings. The van der Waals surface area contributed by atoms with Crippen LogP contribution in [0.3, 0.4) is 0 Å². The van der Waals surface area contributed by atoms with Crippen LogP contribution in [0.2, 0.25) is 0 Å². The Hall–Kier alpha value is -2.08. The molecule has 2 aromatic rings. The molecule has 0 bridgehead atoms. The third-order valence-corrected chi connectivity index (χ3v) is 4.69. The van der Waals surface area contributed by atoms with E-state index in [4.69, 9.17) is 9.84 Å². The first-order valence-corrected chi connectivity index (χ1v) is 6.86. The van der Waals surface area contributed by atoms with Gasteiger partial charge in [0.25, 0.3) is 0 Å². The number of hydrogen-bond acceptors (Lipinski definition) is 3. The highest BCUT2D eigenvalue weighted by Gasteiger charge is 2.50. The van der Waals surface area contributed by atoms with Crippen LogP contribution >= 0.6 is 0 Å². The molecule has 0 amide bonds. The summed E-state index contributed by atoms with van der Waals surface area (Å²) < 4.78 is 7.15. The van der Waals surface area contributed by atoms with E-state index in [-0.39, 0.29) is 28.8 Å². The summed E-state index contributed by atoms with van der Waals surface area (Å²) >= 11 is 0. The standard InChI is InChI=1S/C15H18N2O4/c1-15(2)11(7-12(15)21-3)17-10-5-4-8(13(18)19)6-9(10)16-14(17)20/h4-6,11-12H,7H2,1-3H3,(H,16,20)(H,18,19). The highest BCUT2D eigenvalue weighted by Crippen LogP contribution is 2.51. The summed E-state index contributed by atoms with van der Waals surface area (Å²) in [6.07, 6.45) is 0.898. The molecule has 6 nitrogen and oxygen atoms in total. The Morgan fingerprint density at radius 1 is 1.48 bits per heavy atom. The van der Waals surface area contributed by atoms with Crippen LogP contribution in [0.15, 0.2) is 23.0 Å². The molecule has 1 saturated carbocycles. The predicted octanol–water partition coefficient (Wildman–Crippen LogP) is 2.01. The van der Waals surface area contributed by atoms with Gasteiger partial charge in [0.05, 0.1) is 22.7 Å². The van der Waals surface area contributed by atoms with Crippen LogP contribution in [0, 0.1) is 5.41 Å². The second kappa shape index (κ2) is 4.46. The molecule has 1 fully saturated rings. The molecule has 1 aromatic carbocycles. The molecule has 0 saturated heterocycles. The number of carboxylic acids is 1. The van der Waals surface area contributed by atoms with Gasteiger partial charge < -0.3 is 14.8 Å². The minimum atomic E-state index is -1.01. The first kappa shape index (κ1) is 13.9. The Kier molecular flexibility index (Phi) is 2.95. The van der Waals surface area contributed by atoms with Crippen molar-refractivity contribution in [2.75, 3.05) is 7.11 Å². The van der Waals surface area contributed by atoms with Crippen molar-refractivity contribution < 1.29 is 14.6 Å². The molecule has 1 heterocycles. The monoisotopic (exact) mass is 290 g/mol. The number of imidazole rings is 1. The number of aromatic carboxylic acids is 1. The fraction of sp³-hybridized carbons (Fsp3) is 0.467. The molecule has 1 aromatic heterocycles. The van der Waals surface area contributed by atoms with Gasteiger partial charge in [-0.15, -0.1) is 0 Å². The van der Waals surface area contributed by atoms with Crippen molar-refractivity contribution in [1.29, 1.82) is 0 Å². The van der Waals surface area contributed by atoms with E-state index in [0.717, 1.165) is 11.9 Å². The summed E-state index contributed by atoms with van der Waals surface area (Å²) in [6.45, 7) is 4.15. The maximum Gasteiger partial charge on any atom is 0.335 e. The fourth-order valence-electron chi connectivity index (χ4n) is 3.28. The smallest absolute Gasteiger partial charge is 0.335 e. The van der Waals surface area contributed by atoms with Crippen LogP contribution in [0.5, 0.6) is 0 Å². The van der Waals surface area contributed by atoms with E-state index in [0.29, 0.717) is 5.52 Å². The van der Waals surface area contributed by atoms with Gasteiger partial charge in [-0.2, -0.15) is 0 Å². The van der Waals surface area contributed by atoms with E-state index in [1.807, 2.05) is 0 Å². The molecule has 21 heavy (non-hydrogen) atoms. The summed E-state index contributed by atoms with van der Waals surface area (Å²) in [5, 5.41) is 9.02. The van der Waals surface area contributed by atoms with E-state index < -0.39 is 5.97 Å². The van der Waals surface area contributed by atoms with Gasteiger partial charge in [0.2, 0.25) is 0 Å². The number of H-pyrrole nitrogens is 1. The average molecular weight is 290 g/mol. The lowest BCUT2D eigenvalue weighted by molar-refractivity contribution is -0.112. The number of aromatic amines is 1. The SMILES string of the molecule is COC1CC(n2c(=O)[nH]c3cc(C(=O)O)ccc32)C1(C)C. The Morgan fingerprint density at radius 3 is 2.76 bits per heavy atom.